The smallest absolute Gasteiger partial charge is 0.254 e. The molecule has 0 aromatic heterocycles. The molecule has 0 aliphatic heterocycles. The highest BCUT2D eigenvalue weighted by atomic mass is 16.2. The average Bonchev–Trinajstić information content (AvgIpc) is 2.31. The fourth-order valence-corrected chi connectivity index (χ4v) is 1.59. The maximum Gasteiger partial charge on any atom is 0.254 e. The van der Waals surface area contributed by atoms with E-state index in [1.165, 1.54) is 0 Å². The Morgan fingerprint density at radius 3 is 2.76 bits per heavy atom. The molecular weight excluding hydrogens is 212 g/mol. The van der Waals surface area contributed by atoms with Crippen LogP contribution in [0.2, 0.25) is 0 Å². The molecule has 0 spiro atoms. The van der Waals surface area contributed by atoms with Crippen molar-refractivity contribution in [1.82, 2.24) is 4.90 Å². The first kappa shape index (κ1) is 13.1. The number of nitrogen functional groups attached to an aromatic ring is 1. The van der Waals surface area contributed by atoms with Crippen molar-refractivity contribution in [3.05, 3.63) is 29.3 Å². The van der Waals surface area contributed by atoms with Crippen LogP contribution in [0.5, 0.6) is 0 Å². The zero-order chi connectivity index (χ0) is 12.8. The van der Waals surface area contributed by atoms with Crippen LogP contribution in [-0.2, 0) is 0 Å². The van der Waals surface area contributed by atoms with E-state index in [0.717, 1.165) is 12.0 Å². The summed E-state index contributed by atoms with van der Waals surface area (Å²) >= 11 is 0. The van der Waals surface area contributed by atoms with Gasteiger partial charge in [0.15, 0.2) is 0 Å². The number of hydrogen-bond donors (Lipinski definition) is 1. The first-order chi connectivity index (χ1) is 8.10. The molecule has 0 fully saturated rings. The van der Waals surface area contributed by atoms with Gasteiger partial charge in [-0.25, -0.2) is 0 Å². The summed E-state index contributed by atoms with van der Waals surface area (Å²) in [5.41, 5.74) is 7.99. The lowest BCUT2D eigenvalue weighted by Crippen LogP contribution is -2.32. The Kier molecular flexibility index (Phi) is 4.59. The highest BCUT2D eigenvalue weighted by Crippen LogP contribution is 2.14. The van der Waals surface area contributed by atoms with Crippen LogP contribution in [-0.4, -0.2) is 23.9 Å². The van der Waals surface area contributed by atoms with Gasteiger partial charge in [-0.05, 0) is 31.0 Å². The molecule has 0 atom stereocenters. The molecule has 1 aromatic carbocycles. The summed E-state index contributed by atoms with van der Waals surface area (Å²) in [4.78, 5) is 13.8. The molecule has 17 heavy (non-hydrogen) atoms. The fraction of sp³-hybridized carbons (Fsp3) is 0.357. The second-order valence-corrected chi connectivity index (χ2v) is 4.00. The lowest BCUT2D eigenvalue weighted by molar-refractivity contribution is 0.0777. The van der Waals surface area contributed by atoms with Crippen LogP contribution in [0.25, 0.3) is 0 Å². The number of amides is 1. The number of rotatable bonds is 4. The summed E-state index contributed by atoms with van der Waals surface area (Å²) in [6, 6.07) is 5.34. The molecule has 0 unspecified atom stereocenters. The molecule has 3 heteroatoms. The molecule has 1 rings (SSSR count). The number of benzene rings is 1. The highest BCUT2D eigenvalue weighted by Gasteiger charge is 2.14. The van der Waals surface area contributed by atoms with Crippen LogP contribution in [0.3, 0.4) is 0 Å². The second-order valence-electron chi connectivity index (χ2n) is 4.00. The maximum atomic E-state index is 12.2. The quantitative estimate of drug-likeness (QED) is 0.635. The van der Waals surface area contributed by atoms with Gasteiger partial charge in [-0.3, -0.25) is 4.79 Å². The molecular formula is C14H18N2O. The van der Waals surface area contributed by atoms with Gasteiger partial charge in [0.2, 0.25) is 0 Å². The van der Waals surface area contributed by atoms with E-state index in [0.29, 0.717) is 24.3 Å². The Morgan fingerprint density at radius 2 is 2.24 bits per heavy atom. The van der Waals surface area contributed by atoms with E-state index in [1.54, 1.807) is 17.0 Å². The van der Waals surface area contributed by atoms with E-state index >= 15 is 0 Å². The van der Waals surface area contributed by atoms with Crippen molar-refractivity contribution in [2.24, 2.45) is 0 Å². The van der Waals surface area contributed by atoms with Crippen molar-refractivity contribution in [1.29, 1.82) is 0 Å². The Labute approximate surface area is 103 Å². The number of anilines is 1. The zero-order valence-corrected chi connectivity index (χ0v) is 10.4. The van der Waals surface area contributed by atoms with E-state index in [4.69, 9.17) is 12.2 Å². The molecule has 1 amide bonds. The number of hydrogen-bond acceptors (Lipinski definition) is 2. The minimum Gasteiger partial charge on any atom is -0.398 e. The van der Waals surface area contributed by atoms with Gasteiger partial charge in [0.25, 0.3) is 5.91 Å². The molecule has 0 saturated carbocycles. The number of nitrogens with zero attached hydrogens (tertiary/aromatic N) is 1. The van der Waals surface area contributed by atoms with Gasteiger partial charge in [-0.2, -0.15) is 0 Å². The number of carbonyl (C=O) groups excluding carboxylic acids is 1. The molecule has 90 valence electrons. The van der Waals surface area contributed by atoms with Crippen LogP contribution in [0.1, 0.15) is 29.3 Å². The second kappa shape index (κ2) is 5.95. The minimum atomic E-state index is -0.0588. The summed E-state index contributed by atoms with van der Waals surface area (Å²) in [6.07, 6.45) is 6.14. The first-order valence-electron chi connectivity index (χ1n) is 5.69. The fourth-order valence-electron chi connectivity index (χ4n) is 1.59. The number of terminal acetylenes is 1. The van der Waals surface area contributed by atoms with E-state index in [2.05, 4.69) is 5.92 Å². The van der Waals surface area contributed by atoms with Crippen molar-refractivity contribution in [3.63, 3.8) is 0 Å². The number of aryl methyl sites for hydroxylation is 1. The molecule has 0 aliphatic rings. The molecule has 0 aliphatic carbocycles. The third kappa shape index (κ3) is 3.25. The SMILES string of the molecule is C#CCN(CCC)C(=O)c1ccc(C)c(N)c1. The molecule has 0 heterocycles. The standard InChI is InChI=1S/C14H18N2O/c1-4-8-16(9-5-2)14(17)12-7-6-11(3)13(15)10-12/h1,6-7,10H,5,8-9,15H2,2-3H3. The summed E-state index contributed by atoms with van der Waals surface area (Å²) in [7, 11) is 0. The zero-order valence-electron chi connectivity index (χ0n) is 10.4. The normalized spacial score (nSPS) is 9.71. The Balaban J connectivity index is 2.93. The van der Waals surface area contributed by atoms with Crippen molar-refractivity contribution in [3.8, 4) is 12.3 Å². The van der Waals surface area contributed by atoms with Gasteiger partial charge in [-0.15, -0.1) is 6.42 Å². The van der Waals surface area contributed by atoms with Crippen LogP contribution in [0.15, 0.2) is 18.2 Å². The Bertz CT molecular complexity index is 446. The molecule has 2 N–H and O–H groups in total. The first-order valence-corrected chi connectivity index (χ1v) is 5.69. The molecule has 1 aromatic rings. The Morgan fingerprint density at radius 1 is 1.53 bits per heavy atom. The number of carbonyl (C=O) groups is 1. The van der Waals surface area contributed by atoms with Crippen LogP contribution in [0.4, 0.5) is 5.69 Å². The van der Waals surface area contributed by atoms with E-state index in [9.17, 15) is 4.79 Å². The van der Waals surface area contributed by atoms with Gasteiger partial charge in [0.05, 0.1) is 6.54 Å². The van der Waals surface area contributed by atoms with Crippen molar-refractivity contribution < 1.29 is 4.79 Å². The van der Waals surface area contributed by atoms with Crippen molar-refractivity contribution >= 4 is 11.6 Å². The van der Waals surface area contributed by atoms with Gasteiger partial charge in [0, 0.05) is 17.8 Å². The summed E-state index contributed by atoms with van der Waals surface area (Å²) in [6.45, 7) is 4.92. The number of nitrogens with two attached hydrogens (primary N) is 1. The summed E-state index contributed by atoms with van der Waals surface area (Å²) in [5, 5.41) is 0. The van der Waals surface area contributed by atoms with E-state index in [1.807, 2.05) is 19.9 Å². The van der Waals surface area contributed by atoms with Gasteiger partial charge in [-0.1, -0.05) is 18.9 Å². The summed E-state index contributed by atoms with van der Waals surface area (Å²) < 4.78 is 0. The summed E-state index contributed by atoms with van der Waals surface area (Å²) in [5.74, 6) is 2.44. The minimum absolute atomic E-state index is 0.0588. The van der Waals surface area contributed by atoms with E-state index in [-0.39, 0.29) is 5.91 Å². The topological polar surface area (TPSA) is 46.3 Å². The predicted molar refractivity (Wildman–Crippen MR) is 70.6 cm³/mol. The maximum absolute atomic E-state index is 12.2. The van der Waals surface area contributed by atoms with Crippen molar-refractivity contribution in [2.75, 3.05) is 18.8 Å². The molecule has 0 saturated heterocycles. The molecule has 0 radical (unpaired) electrons. The highest BCUT2D eigenvalue weighted by molar-refractivity contribution is 5.95. The Hall–Kier alpha value is -1.95. The predicted octanol–water partition coefficient (Wildman–Crippen LogP) is 2.06. The largest absolute Gasteiger partial charge is 0.398 e. The average molecular weight is 230 g/mol. The third-order valence-corrected chi connectivity index (χ3v) is 2.59. The van der Waals surface area contributed by atoms with Gasteiger partial charge >= 0.3 is 0 Å². The monoisotopic (exact) mass is 230 g/mol. The van der Waals surface area contributed by atoms with Gasteiger partial charge in [0.1, 0.15) is 0 Å². The lowest BCUT2D eigenvalue weighted by atomic mass is 10.1. The van der Waals surface area contributed by atoms with Crippen molar-refractivity contribution in [2.45, 2.75) is 20.3 Å². The third-order valence-electron chi connectivity index (χ3n) is 2.59. The molecule has 3 nitrogen and oxygen atoms in total. The van der Waals surface area contributed by atoms with Crippen LogP contribution >= 0.6 is 0 Å². The molecule has 0 bridgehead atoms. The van der Waals surface area contributed by atoms with Gasteiger partial charge < -0.3 is 10.6 Å². The van der Waals surface area contributed by atoms with E-state index < -0.39 is 0 Å². The van der Waals surface area contributed by atoms with Crippen LogP contribution < -0.4 is 5.73 Å². The lowest BCUT2D eigenvalue weighted by Gasteiger charge is -2.19. The van der Waals surface area contributed by atoms with Crippen LogP contribution in [0, 0.1) is 19.3 Å².